The SMILES string of the molecule is O=C(NCCc1noc(-c2ccccn2)n1)[C@H]1CCCc2ccccc21. The highest BCUT2D eigenvalue weighted by Crippen LogP contribution is 2.31. The third kappa shape index (κ3) is 3.49. The second kappa shape index (κ2) is 7.47. The molecule has 4 rings (SSSR count). The number of carbonyl (C=O) groups is 1. The minimum atomic E-state index is -0.0608. The summed E-state index contributed by atoms with van der Waals surface area (Å²) in [4.78, 5) is 21.1. The van der Waals surface area contributed by atoms with Gasteiger partial charge < -0.3 is 9.84 Å². The monoisotopic (exact) mass is 348 g/mol. The van der Waals surface area contributed by atoms with Crippen LogP contribution < -0.4 is 5.32 Å². The van der Waals surface area contributed by atoms with Gasteiger partial charge in [0.2, 0.25) is 5.91 Å². The Balaban J connectivity index is 1.34. The van der Waals surface area contributed by atoms with E-state index in [1.807, 2.05) is 30.3 Å². The van der Waals surface area contributed by atoms with Gasteiger partial charge in [0, 0.05) is 19.2 Å². The van der Waals surface area contributed by atoms with E-state index in [2.05, 4.69) is 32.6 Å². The molecule has 2 heterocycles. The van der Waals surface area contributed by atoms with E-state index >= 15 is 0 Å². The number of benzene rings is 1. The Labute approximate surface area is 151 Å². The van der Waals surface area contributed by atoms with Crippen LogP contribution >= 0.6 is 0 Å². The first kappa shape index (κ1) is 16.4. The van der Waals surface area contributed by atoms with Crippen LogP contribution in [0.3, 0.4) is 0 Å². The van der Waals surface area contributed by atoms with Gasteiger partial charge in [0.1, 0.15) is 5.69 Å². The molecule has 1 atom stereocenters. The van der Waals surface area contributed by atoms with Crippen molar-refractivity contribution in [3.05, 3.63) is 65.6 Å². The number of aryl methyl sites for hydroxylation is 1. The van der Waals surface area contributed by atoms with Crippen molar-refractivity contribution in [1.82, 2.24) is 20.4 Å². The largest absolute Gasteiger partial charge is 0.355 e. The third-order valence-electron chi connectivity index (χ3n) is 4.69. The molecule has 0 bridgehead atoms. The average molecular weight is 348 g/mol. The van der Waals surface area contributed by atoms with Gasteiger partial charge in [0.15, 0.2) is 5.82 Å². The van der Waals surface area contributed by atoms with Crippen LogP contribution in [0.1, 0.15) is 35.7 Å². The summed E-state index contributed by atoms with van der Waals surface area (Å²) in [7, 11) is 0. The molecular formula is C20H20N4O2. The average Bonchev–Trinajstić information content (AvgIpc) is 3.17. The fourth-order valence-corrected chi connectivity index (χ4v) is 3.40. The van der Waals surface area contributed by atoms with E-state index in [-0.39, 0.29) is 11.8 Å². The smallest absolute Gasteiger partial charge is 0.276 e. The zero-order chi connectivity index (χ0) is 17.8. The van der Waals surface area contributed by atoms with Gasteiger partial charge in [-0.3, -0.25) is 9.78 Å². The number of pyridine rings is 1. The summed E-state index contributed by atoms with van der Waals surface area (Å²) in [6, 6.07) is 13.7. The molecule has 0 saturated carbocycles. The summed E-state index contributed by atoms with van der Waals surface area (Å²) in [6.07, 6.45) is 5.21. The van der Waals surface area contributed by atoms with Crippen LogP contribution in [0.15, 0.2) is 53.2 Å². The maximum absolute atomic E-state index is 12.6. The quantitative estimate of drug-likeness (QED) is 0.767. The van der Waals surface area contributed by atoms with Crippen LogP contribution in [0.2, 0.25) is 0 Å². The Kier molecular flexibility index (Phi) is 4.73. The second-order valence-corrected chi connectivity index (χ2v) is 6.42. The zero-order valence-electron chi connectivity index (χ0n) is 14.4. The molecule has 0 saturated heterocycles. The highest BCUT2D eigenvalue weighted by molar-refractivity contribution is 5.84. The highest BCUT2D eigenvalue weighted by atomic mass is 16.5. The second-order valence-electron chi connectivity index (χ2n) is 6.42. The molecule has 6 heteroatoms. The molecule has 26 heavy (non-hydrogen) atoms. The molecule has 132 valence electrons. The topological polar surface area (TPSA) is 80.9 Å². The van der Waals surface area contributed by atoms with Crippen LogP contribution in [-0.2, 0) is 17.6 Å². The molecule has 0 fully saturated rings. The lowest BCUT2D eigenvalue weighted by atomic mass is 9.82. The van der Waals surface area contributed by atoms with Crippen molar-refractivity contribution in [3.8, 4) is 11.6 Å². The first-order valence-electron chi connectivity index (χ1n) is 8.91. The van der Waals surface area contributed by atoms with Crippen molar-refractivity contribution in [2.24, 2.45) is 0 Å². The summed E-state index contributed by atoms with van der Waals surface area (Å²) in [6.45, 7) is 0.485. The van der Waals surface area contributed by atoms with Crippen molar-refractivity contribution < 1.29 is 9.32 Å². The van der Waals surface area contributed by atoms with Gasteiger partial charge in [-0.2, -0.15) is 4.98 Å². The Morgan fingerprint density at radius 3 is 2.96 bits per heavy atom. The molecule has 0 unspecified atom stereocenters. The lowest BCUT2D eigenvalue weighted by molar-refractivity contribution is -0.122. The summed E-state index contributed by atoms with van der Waals surface area (Å²) in [5.74, 6) is 0.975. The van der Waals surface area contributed by atoms with Crippen molar-refractivity contribution in [3.63, 3.8) is 0 Å². The number of aromatic nitrogens is 3. The molecule has 1 amide bonds. The van der Waals surface area contributed by atoms with Crippen LogP contribution in [0.5, 0.6) is 0 Å². The summed E-state index contributed by atoms with van der Waals surface area (Å²) in [5.41, 5.74) is 3.10. The van der Waals surface area contributed by atoms with E-state index < -0.39 is 0 Å². The number of nitrogens with one attached hydrogen (secondary N) is 1. The van der Waals surface area contributed by atoms with Crippen molar-refractivity contribution >= 4 is 5.91 Å². The molecule has 6 nitrogen and oxygen atoms in total. The van der Waals surface area contributed by atoms with Gasteiger partial charge in [0.05, 0.1) is 5.92 Å². The van der Waals surface area contributed by atoms with E-state index in [9.17, 15) is 4.79 Å². The van der Waals surface area contributed by atoms with E-state index in [0.717, 1.165) is 24.8 Å². The van der Waals surface area contributed by atoms with Gasteiger partial charge >= 0.3 is 0 Å². The minimum absolute atomic E-state index is 0.0608. The van der Waals surface area contributed by atoms with Crippen LogP contribution in [0.4, 0.5) is 0 Å². The first-order chi connectivity index (χ1) is 12.8. The van der Waals surface area contributed by atoms with Crippen molar-refractivity contribution in [1.29, 1.82) is 0 Å². The van der Waals surface area contributed by atoms with Gasteiger partial charge in [-0.25, -0.2) is 0 Å². The molecule has 0 radical (unpaired) electrons. The Bertz CT molecular complexity index is 892. The first-order valence-corrected chi connectivity index (χ1v) is 8.91. The normalized spacial score (nSPS) is 16.1. The molecule has 0 spiro atoms. The molecule has 1 N–H and O–H groups in total. The Morgan fingerprint density at radius 1 is 1.19 bits per heavy atom. The number of carbonyl (C=O) groups excluding carboxylic acids is 1. The van der Waals surface area contributed by atoms with Crippen LogP contribution in [0, 0.1) is 0 Å². The lowest BCUT2D eigenvalue weighted by Gasteiger charge is -2.24. The summed E-state index contributed by atoms with van der Waals surface area (Å²) in [5, 5.41) is 6.98. The fourth-order valence-electron chi connectivity index (χ4n) is 3.40. The Morgan fingerprint density at radius 2 is 2.08 bits per heavy atom. The van der Waals surface area contributed by atoms with Gasteiger partial charge in [-0.05, 0) is 42.5 Å². The maximum atomic E-state index is 12.6. The number of nitrogens with zero attached hydrogens (tertiary/aromatic N) is 3. The van der Waals surface area contributed by atoms with Gasteiger partial charge in [0.25, 0.3) is 5.89 Å². The predicted octanol–water partition coefficient (Wildman–Crippen LogP) is 2.91. The molecule has 0 aliphatic heterocycles. The number of rotatable bonds is 5. The van der Waals surface area contributed by atoms with E-state index in [1.54, 1.807) is 6.20 Å². The molecule has 2 aromatic heterocycles. The molecule has 1 aromatic carbocycles. The van der Waals surface area contributed by atoms with E-state index in [0.29, 0.717) is 30.4 Å². The van der Waals surface area contributed by atoms with E-state index in [1.165, 1.54) is 5.56 Å². The fraction of sp³-hybridized carbons (Fsp3) is 0.300. The van der Waals surface area contributed by atoms with Crippen LogP contribution in [0.25, 0.3) is 11.6 Å². The van der Waals surface area contributed by atoms with Gasteiger partial charge in [-0.15, -0.1) is 0 Å². The highest BCUT2D eigenvalue weighted by Gasteiger charge is 2.25. The number of hydrogen-bond donors (Lipinski definition) is 1. The Hall–Kier alpha value is -3.02. The van der Waals surface area contributed by atoms with Crippen LogP contribution in [-0.4, -0.2) is 27.6 Å². The van der Waals surface area contributed by atoms with Crippen molar-refractivity contribution in [2.75, 3.05) is 6.54 Å². The third-order valence-corrected chi connectivity index (χ3v) is 4.69. The predicted molar refractivity (Wildman–Crippen MR) is 96.4 cm³/mol. The lowest BCUT2D eigenvalue weighted by Crippen LogP contribution is -2.32. The van der Waals surface area contributed by atoms with Gasteiger partial charge in [-0.1, -0.05) is 35.5 Å². The summed E-state index contributed by atoms with van der Waals surface area (Å²) < 4.78 is 5.23. The molecule has 1 aliphatic carbocycles. The molecular weight excluding hydrogens is 328 g/mol. The molecule has 1 aliphatic rings. The number of amides is 1. The number of hydrogen-bond acceptors (Lipinski definition) is 5. The molecule has 3 aromatic rings. The standard InChI is InChI=1S/C20H20N4O2/c25-19(16-9-5-7-14-6-1-2-8-15(14)16)22-13-11-18-23-20(26-24-18)17-10-3-4-12-21-17/h1-4,6,8,10,12,16H,5,7,9,11,13H2,(H,22,25)/t16-/m0/s1. The minimum Gasteiger partial charge on any atom is -0.355 e. The van der Waals surface area contributed by atoms with E-state index in [4.69, 9.17) is 4.52 Å². The zero-order valence-corrected chi connectivity index (χ0v) is 14.4. The number of fused-ring (bicyclic) bond motifs is 1. The maximum Gasteiger partial charge on any atom is 0.276 e. The van der Waals surface area contributed by atoms with Crippen molar-refractivity contribution in [2.45, 2.75) is 31.6 Å². The summed E-state index contributed by atoms with van der Waals surface area (Å²) >= 11 is 0.